The predicted molar refractivity (Wildman–Crippen MR) is 137 cm³/mol. The second-order valence-corrected chi connectivity index (χ2v) is 9.83. The number of rotatable bonds is 6. The number of anilines is 1. The quantitative estimate of drug-likeness (QED) is 0.320. The number of alkyl halides is 2. The summed E-state index contributed by atoms with van der Waals surface area (Å²) in [5.74, 6) is -0.458. The van der Waals surface area contributed by atoms with Gasteiger partial charge in [0.05, 0.1) is 42.5 Å². The Morgan fingerprint density at radius 3 is 2.68 bits per heavy atom. The first kappa shape index (κ1) is 25.6. The molecule has 0 bridgehead atoms. The first-order valence-corrected chi connectivity index (χ1v) is 12.4. The molecule has 4 aromatic heterocycles. The Balaban J connectivity index is 1.34. The minimum atomic E-state index is -2.70. The SMILES string of the molecule is COc1cnc(Cl)cc1-c1cc(C)ncc1C(=O)Nc1nc2c(s1)CN(C(=O)c1cc(C(F)F)ccn1)C2. The zero-order valence-electron chi connectivity index (χ0n) is 20.0. The normalized spacial score (nSPS) is 12.5. The highest BCUT2D eigenvalue weighted by Crippen LogP contribution is 2.35. The third-order valence-corrected chi connectivity index (χ3v) is 7.05. The fourth-order valence-corrected chi connectivity index (χ4v) is 5.16. The number of carbonyl (C=O) groups excluding carboxylic acids is 2. The van der Waals surface area contributed by atoms with Gasteiger partial charge in [0.1, 0.15) is 16.6 Å². The summed E-state index contributed by atoms with van der Waals surface area (Å²) in [7, 11) is 1.50. The van der Waals surface area contributed by atoms with Gasteiger partial charge in [0.2, 0.25) is 0 Å². The molecule has 194 valence electrons. The fourth-order valence-electron chi connectivity index (χ4n) is 4.02. The van der Waals surface area contributed by atoms with Gasteiger partial charge in [-0.05, 0) is 31.2 Å². The highest BCUT2D eigenvalue weighted by molar-refractivity contribution is 7.16. The molecule has 1 aliphatic rings. The Kier molecular flexibility index (Phi) is 7.00. The number of halogens is 3. The molecule has 0 aliphatic carbocycles. The molecule has 1 N–H and O–H groups in total. The number of thiazole rings is 1. The largest absolute Gasteiger partial charge is 0.494 e. The maximum atomic E-state index is 13.3. The van der Waals surface area contributed by atoms with Crippen molar-refractivity contribution in [2.75, 3.05) is 12.4 Å². The van der Waals surface area contributed by atoms with Crippen molar-refractivity contribution < 1.29 is 23.1 Å². The van der Waals surface area contributed by atoms with Crippen LogP contribution in [0, 0.1) is 6.92 Å². The molecule has 0 radical (unpaired) electrons. The van der Waals surface area contributed by atoms with Crippen LogP contribution < -0.4 is 10.1 Å². The van der Waals surface area contributed by atoms with E-state index in [0.29, 0.717) is 33.4 Å². The lowest BCUT2D eigenvalue weighted by Gasteiger charge is -2.15. The number of methoxy groups -OCH3 is 1. The van der Waals surface area contributed by atoms with Crippen LogP contribution in [-0.4, -0.2) is 43.8 Å². The topological polar surface area (TPSA) is 110 Å². The highest BCUT2D eigenvalue weighted by Gasteiger charge is 2.30. The second-order valence-electron chi connectivity index (χ2n) is 8.36. The average Bonchev–Trinajstić information content (AvgIpc) is 3.47. The van der Waals surface area contributed by atoms with Crippen LogP contribution in [0.4, 0.5) is 13.9 Å². The van der Waals surface area contributed by atoms with Gasteiger partial charge in [-0.1, -0.05) is 22.9 Å². The number of carbonyl (C=O) groups is 2. The number of hydrogen-bond acceptors (Lipinski definition) is 8. The molecule has 5 heterocycles. The van der Waals surface area contributed by atoms with E-state index in [2.05, 4.69) is 25.3 Å². The smallest absolute Gasteiger partial charge is 0.273 e. The van der Waals surface area contributed by atoms with Crippen molar-refractivity contribution in [2.24, 2.45) is 0 Å². The van der Waals surface area contributed by atoms with Crippen molar-refractivity contribution >= 4 is 39.9 Å². The predicted octanol–water partition coefficient (Wildman–Crippen LogP) is 5.31. The van der Waals surface area contributed by atoms with Gasteiger partial charge in [-0.25, -0.2) is 18.7 Å². The molecular weight excluding hydrogens is 538 g/mol. The Morgan fingerprint density at radius 2 is 1.95 bits per heavy atom. The molecule has 0 aromatic carbocycles. The van der Waals surface area contributed by atoms with Crippen LogP contribution in [0.5, 0.6) is 5.75 Å². The van der Waals surface area contributed by atoms with E-state index in [-0.39, 0.29) is 35.1 Å². The Morgan fingerprint density at radius 1 is 1.13 bits per heavy atom. The number of pyridine rings is 3. The number of aromatic nitrogens is 4. The van der Waals surface area contributed by atoms with Crippen LogP contribution in [0.2, 0.25) is 5.15 Å². The number of fused-ring (bicyclic) bond motifs is 1. The minimum absolute atomic E-state index is 0.0578. The molecule has 0 fully saturated rings. The van der Waals surface area contributed by atoms with Crippen LogP contribution in [-0.2, 0) is 13.1 Å². The average molecular weight is 557 g/mol. The van der Waals surface area contributed by atoms with Gasteiger partial charge in [0, 0.05) is 34.8 Å². The molecule has 0 atom stereocenters. The zero-order chi connectivity index (χ0) is 27.0. The van der Waals surface area contributed by atoms with E-state index in [4.69, 9.17) is 16.3 Å². The summed E-state index contributed by atoms with van der Waals surface area (Å²) < 4.78 is 31.4. The number of ether oxygens (including phenoxy) is 1. The standard InChI is InChI=1S/C25H19ClF2N6O3S/c1-12-5-14(15-7-21(26)31-9-19(15)37-2)16(8-30-12)23(35)33-25-32-18-10-34(11-20(18)38-25)24(36)17-6-13(22(27)28)3-4-29-17/h3-9,22H,10-11H2,1-2H3,(H,32,33,35). The Bertz CT molecular complexity index is 1540. The lowest BCUT2D eigenvalue weighted by molar-refractivity contribution is 0.0744. The van der Waals surface area contributed by atoms with Crippen LogP contribution >= 0.6 is 22.9 Å². The first-order valence-electron chi connectivity index (χ1n) is 11.2. The van der Waals surface area contributed by atoms with Gasteiger partial charge < -0.3 is 9.64 Å². The Labute approximate surface area is 224 Å². The molecule has 1 aliphatic heterocycles. The molecular formula is C25H19ClF2N6O3S. The van der Waals surface area contributed by atoms with Gasteiger partial charge in [-0.15, -0.1) is 0 Å². The summed E-state index contributed by atoms with van der Waals surface area (Å²) >= 11 is 7.34. The summed E-state index contributed by atoms with van der Waals surface area (Å²) in [5, 5.41) is 3.41. The van der Waals surface area contributed by atoms with Gasteiger partial charge in [-0.3, -0.25) is 24.9 Å². The van der Waals surface area contributed by atoms with Crippen LogP contribution in [0.25, 0.3) is 11.1 Å². The van der Waals surface area contributed by atoms with Gasteiger partial charge in [0.15, 0.2) is 5.13 Å². The molecule has 2 amide bonds. The van der Waals surface area contributed by atoms with Crippen molar-refractivity contribution in [1.82, 2.24) is 24.8 Å². The molecule has 0 unspecified atom stereocenters. The second kappa shape index (κ2) is 10.4. The first-order chi connectivity index (χ1) is 18.2. The van der Waals surface area contributed by atoms with Crippen molar-refractivity contribution in [3.8, 4) is 16.9 Å². The monoisotopic (exact) mass is 556 g/mol. The molecule has 13 heteroatoms. The van der Waals surface area contributed by atoms with E-state index in [1.807, 2.05) is 0 Å². The van der Waals surface area contributed by atoms with Gasteiger partial charge >= 0.3 is 0 Å². The summed E-state index contributed by atoms with van der Waals surface area (Å²) in [5.41, 5.74) is 2.42. The van der Waals surface area contributed by atoms with E-state index in [9.17, 15) is 18.4 Å². The summed E-state index contributed by atoms with van der Waals surface area (Å²) in [6, 6.07) is 5.64. The summed E-state index contributed by atoms with van der Waals surface area (Å²) in [4.78, 5) is 45.0. The number of nitrogens with one attached hydrogen (secondary N) is 1. The fraction of sp³-hybridized carbons (Fsp3) is 0.200. The van der Waals surface area contributed by atoms with E-state index in [1.54, 1.807) is 19.1 Å². The van der Waals surface area contributed by atoms with Crippen LogP contribution in [0.15, 0.2) is 42.9 Å². The molecule has 0 saturated carbocycles. The van der Waals surface area contributed by atoms with Crippen molar-refractivity contribution in [3.63, 3.8) is 0 Å². The van der Waals surface area contributed by atoms with E-state index in [0.717, 1.165) is 10.9 Å². The van der Waals surface area contributed by atoms with Gasteiger partial charge in [0.25, 0.3) is 18.2 Å². The van der Waals surface area contributed by atoms with E-state index >= 15 is 0 Å². The third kappa shape index (κ3) is 5.04. The van der Waals surface area contributed by atoms with E-state index < -0.39 is 18.2 Å². The lowest BCUT2D eigenvalue weighted by atomic mass is 10.0. The molecule has 9 nitrogen and oxygen atoms in total. The number of nitrogens with zero attached hydrogens (tertiary/aromatic N) is 5. The molecule has 5 rings (SSSR count). The number of amides is 2. The lowest BCUT2D eigenvalue weighted by Crippen LogP contribution is -2.26. The van der Waals surface area contributed by atoms with Crippen molar-refractivity contribution in [3.05, 3.63) is 81.1 Å². The van der Waals surface area contributed by atoms with Crippen LogP contribution in [0.3, 0.4) is 0 Å². The highest BCUT2D eigenvalue weighted by atomic mass is 35.5. The van der Waals surface area contributed by atoms with Crippen molar-refractivity contribution in [1.29, 1.82) is 0 Å². The third-order valence-electron chi connectivity index (χ3n) is 5.85. The van der Waals surface area contributed by atoms with Crippen LogP contribution in [0.1, 0.15) is 49.1 Å². The minimum Gasteiger partial charge on any atom is -0.494 e. The maximum Gasteiger partial charge on any atom is 0.273 e. The van der Waals surface area contributed by atoms with Crippen molar-refractivity contribution in [2.45, 2.75) is 26.4 Å². The molecule has 0 saturated heterocycles. The number of hydrogen-bond donors (Lipinski definition) is 1. The molecule has 38 heavy (non-hydrogen) atoms. The molecule has 0 spiro atoms. The summed E-state index contributed by atoms with van der Waals surface area (Å²) in [6.07, 6.45) is 1.44. The Hall–Kier alpha value is -4.03. The molecule has 4 aromatic rings. The van der Waals surface area contributed by atoms with E-state index in [1.165, 1.54) is 48.0 Å². The number of aryl methyl sites for hydroxylation is 1. The maximum absolute atomic E-state index is 13.3. The van der Waals surface area contributed by atoms with Gasteiger partial charge in [-0.2, -0.15) is 0 Å². The summed E-state index contributed by atoms with van der Waals surface area (Å²) in [6.45, 7) is 2.20. The zero-order valence-corrected chi connectivity index (χ0v) is 21.6.